The molecule has 0 bridgehead atoms. The predicted octanol–water partition coefficient (Wildman–Crippen LogP) is 3.20. The quantitative estimate of drug-likeness (QED) is 0.652. The Bertz CT molecular complexity index is 995. The Balaban J connectivity index is 1.35. The molecule has 6 heteroatoms. The number of carbonyl (C=O) groups is 2. The molecule has 0 saturated carbocycles. The molecule has 2 heterocycles. The molecule has 6 nitrogen and oxygen atoms in total. The van der Waals surface area contributed by atoms with Gasteiger partial charge in [0, 0.05) is 44.0 Å². The molecular formula is C23H24N4O2. The van der Waals surface area contributed by atoms with Crippen LogP contribution in [0.2, 0.25) is 0 Å². The van der Waals surface area contributed by atoms with Crippen molar-refractivity contribution in [2.75, 3.05) is 18.5 Å². The number of hydrogen-bond acceptors (Lipinski definition) is 3. The van der Waals surface area contributed by atoms with Crippen LogP contribution in [0.15, 0.2) is 67.0 Å². The maximum absolute atomic E-state index is 12.6. The number of amides is 2. The zero-order valence-electron chi connectivity index (χ0n) is 16.5. The number of hydrogen-bond donors (Lipinski definition) is 0. The summed E-state index contributed by atoms with van der Waals surface area (Å²) in [6, 6.07) is 17.6. The van der Waals surface area contributed by atoms with E-state index in [1.54, 1.807) is 18.1 Å². The molecule has 0 aliphatic carbocycles. The Hall–Kier alpha value is -3.41. The number of anilines is 1. The van der Waals surface area contributed by atoms with E-state index in [1.807, 2.05) is 70.4 Å². The highest BCUT2D eigenvalue weighted by atomic mass is 16.2. The van der Waals surface area contributed by atoms with Crippen molar-refractivity contribution in [3.63, 3.8) is 0 Å². The van der Waals surface area contributed by atoms with Gasteiger partial charge in [-0.25, -0.2) is 4.68 Å². The Labute approximate surface area is 170 Å². The molecule has 148 valence electrons. The van der Waals surface area contributed by atoms with Crippen LogP contribution in [0.5, 0.6) is 0 Å². The monoisotopic (exact) mass is 388 g/mol. The summed E-state index contributed by atoms with van der Waals surface area (Å²) >= 11 is 0. The zero-order chi connectivity index (χ0) is 20.2. The average Bonchev–Trinajstić information content (AvgIpc) is 3.38. The average molecular weight is 388 g/mol. The molecule has 29 heavy (non-hydrogen) atoms. The summed E-state index contributed by atoms with van der Waals surface area (Å²) in [5, 5.41) is 4.38. The van der Waals surface area contributed by atoms with Gasteiger partial charge in [-0.15, -0.1) is 0 Å². The van der Waals surface area contributed by atoms with Gasteiger partial charge in [-0.05, 0) is 36.2 Å². The van der Waals surface area contributed by atoms with Crippen LogP contribution < -0.4 is 4.90 Å². The van der Waals surface area contributed by atoms with Crippen molar-refractivity contribution in [2.24, 2.45) is 0 Å². The third kappa shape index (κ3) is 4.37. The SMILES string of the molecule is CN(Cc1cnn(-c2ccccc2)c1)C(=O)Cc1ccc(N2CCCC2=O)cc1. The number of nitrogens with zero attached hydrogens (tertiary/aromatic N) is 4. The third-order valence-electron chi connectivity index (χ3n) is 5.18. The lowest BCUT2D eigenvalue weighted by atomic mass is 10.1. The maximum atomic E-state index is 12.6. The van der Waals surface area contributed by atoms with Crippen molar-refractivity contribution >= 4 is 17.5 Å². The minimum atomic E-state index is 0.0439. The van der Waals surface area contributed by atoms with Gasteiger partial charge in [-0.3, -0.25) is 9.59 Å². The fraction of sp³-hybridized carbons (Fsp3) is 0.261. The van der Waals surface area contributed by atoms with Crippen LogP contribution in [0.4, 0.5) is 5.69 Å². The summed E-state index contributed by atoms with van der Waals surface area (Å²) in [5.41, 5.74) is 3.82. The van der Waals surface area contributed by atoms with Gasteiger partial charge in [0.05, 0.1) is 18.3 Å². The lowest BCUT2D eigenvalue weighted by molar-refractivity contribution is -0.129. The van der Waals surface area contributed by atoms with Crippen molar-refractivity contribution in [3.05, 3.63) is 78.1 Å². The third-order valence-corrected chi connectivity index (χ3v) is 5.18. The summed E-state index contributed by atoms with van der Waals surface area (Å²) in [6.45, 7) is 1.28. The second-order valence-electron chi connectivity index (χ2n) is 7.37. The van der Waals surface area contributed by atoms with Crippen LogP contribution in [0.1, 0.15) is 24.0 Å². The number of aromatic nitrogens is 2. The fourth-order valence-corrected chi connectivity index (χ4v) is 3.55. The van der Waals surface area contributed by atoms with E-state index in [9.17, 15) is 9.59 Å². The Kier molecular flexibility index (Phi) is 5.42. The summed E-state index contributed by atoms with van der Waals surface area (Å²) in [4.78, 5) is 28.0. The Morgan fingerprint density at radius 2 is 1.79 bits per heavy atom. The molecule has 3 aromatic rings. The minimum Gasteiger partial charge on any atom is -0.341 e. The molecule has 2 aromatic carbocycles. The standard InChI is InChI=1S/C23H24N4O2/c1-25(16-19-15-24-27(17-19)21-6-3-2-4-7-21)23(29)14-18-9-11-20(12-10-18)26-13-5-8-22(26)28/h2-4,6-7,9-12,15,17H,5,8,13-14,16H2,1H3. The number of para-hydroxylation sites is 1. The van der Waals surface area contributed by atoms with Crippen LogP contribution in [0.25, 0.3) is 5.69 Å². The highest BCUT2D eigenvalue weighted by Gasteiger charge is 2.21. The topological polar surface area (TPSA) is 58.4 Å². The second-order valence-corrected chi connectivity index (χ2v) is 7.37. The van der Waals surface area contributed by atoms with Crippen LogP contribution in [0, 0.1) is 0 Å². The van der Waals surface area contributed by atoms with Crippen molar-refractivity contribution in [2.45, 2.75) is 25.8 Å². The minimum absolute atomic E-state index is 0.0439. The smallest absolute Gasteiger partial charge is 0.227 e. The van der Waals surface area contributed by atoms with E-state index in [2.05, 4.69) is 5.10 Å². The fourth-order valence-electron chi connectivity index (χ4n) is 3.55. The Morgan fingerprint density at radius 1 is 1.03 bits per heavy atom. The molecule has 1 aliphatic rings. The van der Waals surface area contributed by atoms with Crippen LogP contribution >= 0.6 is 0 Å². The molecule has 1 saturated heterocycles. The number of likely N-dealkylation sites (N-methyl/N-ethyl adjacent to an activating group) is 1. The van der Waals surface area contributed by atoms with Gasteiger partial charge >= 0.3 is 0 Å². The lowest BCUT2D eigenvalue weighted by Crippen LogP contribution is -2.27. The van der Waals surface area contributed by atoms with Crippen LogP contribution in [-0.2, 0) is 22.6 Å². The first-order chi connectivity index (χ1) is 14.1. The van der Waals surface area contributed by atoms with Crippen molar-refractivity contribution in [1.82, 2.24) is 14.7 Å². The second kappa shape index (κ2) is 8.31. The van der Waals surface area contributed by atoms with Crippen molar-refractivity contribution < 1.29 is 9.59 Å². The Morgan fingerprint density at radius 3 is 2.48 bits per heavy atom. The molecule has 1 aromatic heterocycles. The first kappa shape index (κ1) is 18.9. The molecule has 0 N–H and O–H groups in total. The normalized spacial score (nSPS) is 13.7. The van der Waals surface area contributed by atoms with Gasteiger partial charge < -0.3 is 9.80 Å². The van der Waals surface area contributed by atoms with Crippen LogP contribution in [0.3, 0.4) is 0 Å². The van der Waals surface area contributed by atoms with E-state index in [-0.39, 0.29) is 11.8 Å². The van der Waals surface area contributed by atoms with Crippen molar-refractivity contribution in [1.29, 1.82) is 0 Å². The van der Waals surface area contributed by atoms with Gasteiger partial charge in [-0.2, -0.15) is 5.10 Å². The van der Waals surface area contributed by atoms with Gasteiger partial charge in [0.25, 0.3) is 0 Å². The largest absolute Gasteiger partial charge is 0.341 e. The number of benzene rings is 2. The van der Waals surface area contributed by atoms with Gasteiger partial charge in [0.15, 0.2) is 0 Å². The van der Waals surface area contributed by atoms with E-state index >= 15 is 0 Å². The summed E-state index contributed by atoms with van der Waals surface area (Å²) < 4.78 is 1.81. The molecule has 0 spiro atoms. The van der Waals surface area contributed by atoms with E-state index in [1.165, 1.54) is 0 Å². The molecule has 0 unspecified atom stereocenters. The maximum Gasteiger partial charge on any atom is 0.227 e. The number of rotatable bonds is 6. The van der Waals surface area contributed by atoms with E-state index in [0.29, 0.717) is 19.4 Å². The lowest BCUT2D eigenvalue weighted by Gasteiger charge is -2.18. The van der Waals surface area contributed by atoms with E-state index in [4.69, 9.17) is 0 Å². The van der Waals surface area contributed by atoms with E-state index in [0.717, 1.165) is 35.5 Å². The summed E-state index contributed by atoms with van der Waals surface area (Å²) in [5.74, 6) is 0.215. The van der Waals surface area contributed by atoms with Crippen molar-refractivity contribution in [3.8, 4) is 5.69 Å². The molecule has 2 amide bonds. The predicted molar refractivity (Wildman–Crippen MR) is 112 cm³/mol. The van der Waals surface area contributed by atoms with E-state index < -0.39 is 0 Å². The zero-order valence-corrected chi connectivity index (χ0v) is 16.5. The van der Waals surface area contributed by atoms with Gasteiger partial charge in [0.2, 0.25) is 11.8 Å². The highest BCUT2D eigenvalue weighted by molar-refractivity contribution is 5.95. The molecule has 4 rings (SSSR count). The van der Waals surface area contributed by atoms with Gasteiger partial charge in [-0.1, -0.05) is 30.3 Å². The molecule has 1 fully saturated rings. The molecular weight excluding hydrogens is 364 g/mol. The molecule has 0 radical (unpaired) electrons. The molecule has 0 atom stereocenters. The first-order valence-corrected chi connectivity index (χ1v) is 9.82. The molecule has 1 aliphatic heterocycles. The number of carbonyl (C=O) groups excluding carboxylic acids is 2. The summed E-state index contributed by atoms with van der Waals surface area (Å²) in [7, 11) is 1.81. The highest BCUT2D eigenvalue weighted by Crippen LogP contribution is 2.22. The van der Waals surface area contributed by atoms with Gasteiger partial charge in [0.1, 0.15) is 0 Å². The first-order valence-electron chi connectivity index (χ1n) is 9.82. The summed E-state index contributed by atoms with van der Waals surface area (Å²) in [6.07, 6.45) is 5.59. The van der Waals surface area contributed by atoms with Crippen LogP contribution in [-0.4, -0.2) is 40.1 Å².